The summed E-state index contributed by atoms with van der Waals surface area (Å²) in [6, 6.07) is 7.65. The maximum absolute atomic E-state index is 10.9. The van der Waals surface area contributed by atoms with Gasteiger partial charge in [0.2, 0.25) is 0 Å². The van der Waals surface area contributed by atoms with E-state index in [1.54, 1.807) is 37.3 Å². The molecule has 0 saturated carbocycles. The van der Waals surface area contributed by atoms with Gasteiger partial charge < -0.3 is 5.11 Å². The summed E-state index contributed by atoms with van der Waals surface area (Å²) in [5.41, 5.74) is 1.96. The number of carbonyl (C=O) groups is 1. The van der Waals surface area contributed by atoms with Crippen molar-refractivity contribution in [3.63, 3.8) is 0 Å². The van der Waals surface area contributed by atoms with Crippen molar-refractivity contribution in [3.05, 3.63) is 54.0 Å². The van der Waals surface area contributed by atoms with Crippen molar-refractivity contribution < 1.29 is 9.90 Å². The number of benzene rings is 1. The normalized spacial score (nSPS) is 12.1. The van der Waals surface area contributed by atoms with Crippen molar-refractivity contribution in [1.29, 1.82) is 0 Å². The number of hydrogen-bond donors (Lipinski definition) is 1. The second-order valence-corrected chi connectivity index (χ2v) is 5.13. The molecule has 0 aliphatic heterocycles. The number of hydrogen-bond acceptors (Lipinski definition) is 4. The van der Waals surface area contributed by atoms with Gasteiger partial charge in [0.15, 0.2) is 0 Å². The number of rotatable bonds is 5. The van der Waals surface area contributed by atoms with Gasteiger partial charge in [0.25, 0.3) is 0 Å². The van der Waals surface area contributed by atoms with Gasteiger partial charge >= 0.3 is 5.97 Å². The number of carboxylic acid groups (broad SMARTS) is 1. The maximum Gasteiger partial charge on any atom is 0.310 e. The molecule has 0 radical (unpaired) electrons. The van der Waals surface area contributed by atoms with E-state index in [9.17, 15) is 4.79 Å². The first-order valence-electron chi connectivity index (χ1n) is 5.87. The van der Waals surface area contributed by atoms with Crippen LogP contribution in [0.15, 0.2) is 47.9 Å². The van der Waals surface area contributed by atoms with Crippen LogP contribution in [0.5, 0.6) is 0 Å². The van der Waals surface area contributed by atoms with Gasteiger partial charge in [0.1, 0.15) is 5.03 Å². The number of nitrogens with zero attached hydrogens (tertiary/aromatic N) is 2. The van der Waals surface area contributed by atoms with Crippen LogP contribution in [0.3, 0.4) is 0 Å². The van der Waals surface area contributed by atoms with E-state index in [1.807, 2.05) is 24.3 Å². The molecule has 98 valence electrons. The summed E-state index contributed by atoms with van der Waals surface area (Å²) in [5, 5.41) is 9.82. The van der Waals surface area contributed by atoms with Crippen molar-refractivity contribution in [2.45, 2.75) is 23.6 Å². The quantitative estimate of drug-likeness (QED) is 0.849. The molecular formula is C14H14N2O2S. The van der Waals surface area contributed by atoms with Crippen LogP contribution in [0.2, 0.25) is 0 Å². The molecule has 1 N–H and O–H groups in total. The first-order valence-corrected chi connectivity index (χ1v) is 6.86. The van der Waals surface area contributed by atoms with Gasteiger partial charge in [-0.15, -0.1) is 11.8 Å². The van der Waals surface area contributed by atoms with E-state index in [0.717, 1.165) is 21.9 Å². The number of thioether (sulfide) groups is 1. The number of aromatic nitrogens is 2. The van der Waals surface area contributed by atoms with Crippen LogP contribution in [-0.4, -0.2) is 21.0 Å². The van der Waals surface area contributed by atoms with Crippen LogP contribution in [-0.2, 0) is 10.5 Å². The second kappa shape index (κ2) is 6.33. The van der Waals surface area contributed by atoms with Gasteiger partial charge in [-0.1, -0.05) is 24.3 Å². The smallest absolute Gasteiger partial charge is 0.310 e. The zero-order valence-corrected chi connectivity index (χ0v) is 11.3. The third kappa shape index (κ3) is 3.79. The molecule has 5 heteroatoms. The van der Waals surface area contributed by atoms with Crippen molar-refractivity contribution >= 4 is 17.7 Å². The van der Waals surface area contributed by atoms with Gasteiger partial charge in [-0.05, 0) is 18.1 Å². The lowest BCUT2D eigenvalue weighted by Gasteiger charge is -2.07. The highest BCUT2D eigenvalue weighted by atomic mass is 32.2. The topological polar surface area (TPSA) is 63.1 Å². The maximum atomic E-state index is 10.9. The van der Waals surface area contributed by atoms with Crippen LogP contribution < -0.4 is 0 Å². The van der Waals surface area contributed by atoms with Crippen molar-refractivity contribution in [1.82, 2.24) is 9.97 Å². The third-order valence-corrected chi connectivity index (χ3v) is 3.76. The van der Waals surface area contributed by atoms with Crippen LogP contribution in [0.1, 0.15) is 24.0 Å². The molecule has 0 aliphatic rings. The zero-order chi connectivity index (χ0) is 13.7. The van der Waals surface area contributed by atoms with Crippen molar-refractivity contribution in [2.24, 2.45) is 0 Å². The Morgan fingerprint density at radius 2 is 2.05 bits per heavy atom. The van der Waals surface area contributed by atoms with Crippen LogP contribution in [0.25, 0.3) is 0 Å². The lowest BCUT2D eigenvalue weighted by Crippen LogP contribution is -2.07. The van der Waals surface area contributed by atoms with Crippen molar-refractivity contribution in [2.75, 3.05) is 0 Å². The summed E-state index contributed by atoms with van der Waals surface area (Å²) < 4.78 is 0. The Morgan fingerprint density at radius 1 is 1.32 bits per heavy atom. The highest BCUT2D eigenvalue weighted by Gasteiger charge is 2.12. The largest absolute Gasteiger partial charge is 0.481 e. The highest BCUT2D eigenvalue weighted by molar-refractivity contribution is 7.98. The molecule has 1 atom stereocenters. The SMILES string of the molecule is CC(C(=O)O)c1ccc(CSc2cnccn2)cc1. The Balaban J connectivity index is 1.97. The summed E-state index contributed by atoms with van der Waals surface area (Å²) in [4.78, 5) is 19.1. The Hall–Kier alpha value is -1.88. The fraction of sp³-hybridized carbons (Fsp3) is 0.214. The minimum absolute atomic E-state index is 0.471. The van der Waals surface area contributed by atoms with E-state index in [1.165, 1.54) is 0 Å². The molecule has 2 rings (SSSR count). The summed E-state index contributed by atoms with van der Waals surface area (Å²) in [6.07, 6.45) is 5.04. The Labute approximate surface area is 115 Å². The molecule has 2 aromatic rings. The summed E-state index contributed by atoms with van der Waals surface area (Å²) in [7, 11) is 0. The molecule has 4 nitrogen and oxygen atoms in total. The lowest BCUT2D eigenvalue weighted by atomic mass is 10.0. The molecule has 19 heavy (non-hydrogen) atoms. The van der Waals surface area contributed by atoms with E-state index >= 15 is 0 Å². The molecule has 1 aromatic carbocycles. The van der Waals surface area contributed by atoms with Crippen LogP contribution >= 0.6 is 11.8 Å². The molecular weight excluding hydrogens is 260 g/mol. The Kier molecular flexibility index (Phi) is 4.52. The minimum atomic E-state index is -0.804. The monoisotopic (exact) mass is 274 g/mol. The summed E-state index contributed by atoms with van der Waals surface area (Å²) in [5.74, 6) is -0.483. The number of aliphatic carboxylic acids is 1. The fourth-order valence-electron chi connectivity index (χ4n) is 1.56. The molecule has 1 unspecified atom stereocenters. The Morgan fingerprint density at radius 3 is 2.63 bits per heavy atom. The van der Waals surface area contributed by atoms with E-state index in [2.05, 4.69) is 9.97 Å². The predicted molar refractivity (Wildman–Crippen MR) is 74.1 cm³/mol. The molecule has 1 aromatic heterocycles. The average Bonchev–Trinajstić information content (AvgIpc) is 2.46. The van der Waals surface area contributed by atoms with Gasteiger partial charge in [-0.3, -0.25) is 9.78 Å². The van der Waals surface area contributed by atoms with Gasteiger partial charge in [0.05, 0.1) is 12.1 Å². The van der Waals surface area contributed by atoms with Gasteiger partial charge in [0, 0.05) is 18.1 Å². The van der Waals surface area contributed by atoms with Crippen molar-refractivity contribution in [3.8, 4) is 0 Å². The molecule has 0 amide bonds. The third-order valence-electron chi connectivity index (χ3n) is 2.78. The predicted octanol–water partition coefficient (Wildman–Crippen LogP) is 2.96. The van der Waals surface area contributed by atoms with Gasteiger partial charge in [-0.2, -0.15) is 0 Å². The molecule has 0 spiro atoms. The first-order chi connectivity index (χ1) is 9.16. The average molecular weight is 274 g/mol. The summed E-state index contributed by atoms with van der Waals surface area (Å²) in [6.45, 7) is 1.69. The molecule has 0 bridgehead atoms. The fourth-order valence-corrected chi connectivity index (χ4v) is 2.34. The second-order valence-electron chi connectivity index (χ2n) is 4.13. The van der Waals surface area contributed by atoms with E-state index in [-0.39, 0.29) is 0 Å². The first kappa shape index (κ1) is 13.5. The molecule has 0 aliphatic carbocycles. The highest BCUT2D eigenvalue weighted by Crippen LogP contribution is 2.22. The minimum Gasteiger partial charge on any atom is -0.481 e. The number of carboxylic acids is 1. The summed E-state index contributed by atoms with van der Waals surface area (Å²) >= 11 is 1.60. The van der Waals surface area contributed by atoms with E-state index in [0.29, 0.717) is 0 Å². The van der Waals surface area contributed by atoms with Crippen LogP contribution in [0.4, 0.5) is 0 Å². The van der Waals surface area contributed by atoms with Gasteiger partial charge in [-0.25, -0.2) is 4.98 Å². The van der Waals surface area contributed by atoms with Crippen LogP contribution in [0, 0.1) is 0 Å². The molecule has 1 heterocycles. The van der Waals surface area contributed by atoms with E-state index in [4.69, 9.17) is 5.11 Å². The van der Waals surface area contributed by atoms with E-state index < -0.39 is 11.9 Å². The standard InChI is InChI=1S/C14H14N2O2S/c1-10(14(17)18)12-4-2-11(3-5-12)9-19-13-8-15-6-7-16-13/h2-8,10H,9H2,1H3,(H,17,18). The lowest BCUT2D eigenvalue weighted by molar-refractivity contribution is -0.138. The molecule has 0 saturated heterocycles. The zero-order valence-electron chi connectivity index (χ0n) is 10.5. The Bertz CT molecular complexity index is 543. The molecule has 0 fully saturated rings.